The highest BCUT2D eigenvalue weighted by Gasteiger charge is 2.54. The Morgan fingerprint density at radius 2 is 1.50 bits per heavy atom. The van der Waals surface area contributed by atoms with E-state index in [2.05, 4.69) is 90.6 Å². The van der Waals surface area contributed by atoms with Gasteiger partial charge in [0.2, 0.25) is 0 Å². The molecule has 26 heavy (non-hydrogen) atoms. The van der Waals surface area contributed by atoms with Crippen molar-refractivity contribution in [2.24, 2.45) is 0 Å². The molecule has 144 valence electrons. The summed E-state index contributed by atoms with van der Waals surface area (Å²) in [6, 6.07) is 12.4. The Morgan fingerprint density at radius 3 is 2.04 bits per heavy atom. The molecule has 0 aliphatic carbocycles. The second kappa shape index (κ2) is 8.29. The smallest absolute Gasteiger partial charge is 0.0849 e. The Bertz CT molecular complexity index is 621. The van der Waals surface area contributed by atoms with Crippen LogP contribution in [0.2, 0.25) is 16.1 Å². The van der Waals surface area contributed by atoms with Crippen molar-refractivity contribution in [2.45, 2.75) is 96.7 Å². The third-order valence-corrected chi connectivity index (χ3v) is 13.5. The summed E-state index contributed by atoms with van der Waals surface area (Å²) in [5.41, 5.74) is 7.34. The van der Waals surface area contributed by atoms with Crippen molar-refractivity contribution >= 4 is 13.6 Å². The van der Waals surface area contributed by atoms with E-state index in [0.29, 0.717) is 10.1 Å². The number of hydrogen-bond donors (Lipinski definition) is 0. The quantitative estimate of drug-likeness (QED) is 0.348. The van der Waals surface area contributed by atoms with Crippen LogP contribution in [0.4, 0.5) is 0 Å². The van der Waals surface area contributed by atoms with Crippen LogP contribution in [-0.2, 0) is 0 Å². The van der Waals surface area contributed by atoms with E-state index in [0.717, 1.165) is 0 Å². The number of allylic oxidation sites excluding steroid dienone is 3. The summed E-state index contributed by atoms with van der Waals surface area (Å²) in [6.07, 6.45) is 9.20. The minimum atomic E-state index is -1.65. The van der Waals surface area contributed by atoms with Crippen molar-refractivity contribution in [1.82, 2.24) is 0 Å². The molecule has 1 heterocycles. The van der Waals surface area contributed by atoms with E-state index < -0.39 is 8.07 Å². The van der Waals surface area contributed by atoms with E-state index in [-0.39, 0.29) is 0 Å². The zero-order chi connectivity index (χ0) is 19.4. The van der Waals surface area contributed by atoms with Crippen molar-refractivity contribution in [3.05, 3.63) is 53.2 Å². The van der Waals surface area contributed by atoms with Gasteiger partial charge in [-0.1, -0.05) is 110 Å². The highest BCUT2D eigenvalue weighted by Crippen LogP contribution is 2.60. The molecule has 0 fully saturated rings. The van der Waals surface area contributed by atoms with Crippen molar-refractivity contribution in [3.63, 3.8) is 0 Å². The van der Waals surface area contributed by atoms with Crippen molar-refractivity contribution < 1.29 is 0 Å². The molecule has 1 heteroatoms. The van der Waals surface area contributed by atoms with Crippen LogP contribution in [0.5, 0.6) is 0 Å². The maximum Gasteiger partial charge on any atom is 0.0935 e. The van der Waals surface area contributed by atoms with Gasteiger partial charge < -0.3 is 0 Å². The maximum atomic E-state index is 2.76. The lowest BCUT2D eigenvalue weighted by atomic mass is 9.99. The molecule has 0 amide bonds. The van der Waals surface area contributed by atoms with Gasteiger partial charge in [0.05, 0.1) is 8.07 Å². The molecule has 0 spiro atoms. The number of rotatable bonds is 6. The molecule has 0 saturated carbocycles. The summed E-state index contributed by atoms with van der Waals surface area (Å²) in [4.78, 5) is 0. The fourth-order valence-electron chi connectivity index (χ4n) is 4.79. The third-order valence-electron chi connectivity index (χ3n) is 6.42. The lowest BCUT2D eigenvalue weighted by Gasteiger charge is -2.48. The summed E-state index contributed by atoms with van der Waals surface area (Å²) in [7, 11) is -1.65. The second-order valence-corrected chi connectivity index (χ2v) is 15.7. The molecule has 0 nitrogen and oxygen atoms in total. The molecule has 2 rings (SSSR count). The van der Waals surface area contributed by atoms with Crippen LogP contribution < -0.4 is 0 Å². The molecule has 0 saturated heterocycles. The monoisotopic (exact) mass is 368 g/mol. The average Bonchev–Trinajstić information content (AvgIpc) is 2.96. The van der Waals surface area contributed by atoms with Crippen molar-refractivity contribution in [3.8, 4) is 0 Å². The van der Waals surface area contributed by atoms with Gasteiger partial charge in [0.15, 0.2) is 0 Å². The van der Waals surface area contributed by atoms with E-state index >= 15 is 0 Å². The van der Waals surface area contributed by atoms with Gasteiger partial charge in [-0.05, 0) is 45.7 Å². The van der Waals surface area contributed by atoms with Gasteiger partial charge in [-0.25, -0.2) is 0 Å². The molecular weight excluding hydrogens is 328 g/mol. The third kappa shape index (κ3) is 4.42. The molecule has 0 N–H and O–H groups in total. The molecule has 0 aromatic heterocycles. The molecule has 1 aromatic carbocycles. The minimum absolute atomic E-state index is 0.364. The van der Waals surface area contributed by atoms with E-state index in [9.17, 15) is 0 Å². The first-order chi connectivity index (χ1) is 12.1. The summed E-state index contributed by atoms with van der Waals surface area (Å²) < 4.78 is 0. The number of unbranched alkanes of at least 4 members (excludes halogenated alkanes) is 4. The number of hydrogen-bond acceptors (Lipinski definition) is 0. The number of benzene rings is 1. The van der Waals surface area contributed by atoms with E-state index in [1.165, 1.54) is 49.3 Å². The van der Waals surface area contributed by atoms with Crippen LogP contribution in [-0.4, -0.2) is 8.07 Å². The first kappa shape index (κ1) is 21.2. The molecular formula is C25H40Si. The summed E-state index contributed by atoms with van der Waals surface area (Å²) in [6.45, 7) is 17.2. The minimum Gasteiger partial charge on any atom is -0.0849 e. The highest BCUT2D eigenvalue weighted by atomic mass is 28.3. The molecule has 0 bridgehead atoms. The van der Waals surface area contributed by atoms with Crippen molar-refractivity contribution in [1.29, 1.82) is 0 Å². The predicted octanol–water partition coefficient (Wildman–Crippen LogP) is 8.57. The van der Waals surface area contributed by atoms with Gasteiger partial charge in [0.25, 0.3) is 0 Å². The second-order valence-electron chi connectivity index (χ2n) is 10.2. The molecule has 0 radical (unpaired) electrons. The summed E-state index contributed by atoms with van der Waals surface area (Å²) in [5, 5.41) is 0.728. The lowest BCUT2D eigenvalue weighted by molar-refractivity contribution is 0.623. The van der Waals surface area contributed by atoms with Gasteiger partial charge in [0, 0.05) is 0 Å². The zero-order valence-electron chi connectivity index (χ0n) is 18.3. The molecule has 1 aliphatic rings. The van der Waals surface area contributed by atoms with Crippen molar-refractivity contribution in [2.75, 3.05) is 0 Å². The first-order valence-electron chi connectivity index (χ1n) is 10.6. The summed E-state index contributed by atoms with van der Waals surface area (Å²) in [5.74, 6) is 0. The van der Waals surface area contributed by atoms with Gasteiger partial charge in [-0.15, -0.1) is 0 Å². The largest absolute Gasteiger partial charge is 0.0935 e. The van der Waals surface area contributed by atoms with Crippen LogP contribution in [0.3, 0.4) is 0 Å². The van der Waals surface area contributed by atoms with E-state index in [4.69, 9.17) is 0 Å². The Balaban J connectivity index is 2.43. The topological polar surface area (TPSA) is 0 Å². The molecule has 1 aromatic rings. The average molecular weight is 369 g/mol. The van der Waals surface area contributed by atoms with Gasteiger partial charge in [0.1, 0.15) is 0 Å². The highest BCUT2D eigenvalue weighted by molar-refractivity contribution is 6.92. The maximum absolute atomic E-state index is 2.76. The summed E-state index contributed by atoms with van der Waals surface area (Å²) >= 11 is 0. The fraction of sp³-hybridized carbons (Fsp3) is 0.600. The Morgan fingerprint density at radius 1 is 0.885 bits per heavy atom. The van der Waals surface area contributed by atoms with E-state index in [1.54, 1.807) is 5.57 Å². The molecule has 0 atom stereocenters. The van der Waals surface area contributed by atoms with Crippen LogP contribution in [0.1, 0.15) is 86.1 Å². The molecule has 0 unspecified atom stereocenters. The normalized spacial score (nSPS) is 19.0. The van der Waals surface area contributed by atoms with Gasteiger partial charge in [-0.2, -0.15) is 0 Å². The first-order valence-corrected chi connectivity index (χ1v) is 12.9. The Kier molecular flexibility index (Phi) is 6.77. The predicted molar refractivity (Wildman–Crippen MR) is 121 cm³/mol. The van der Waals surface area contributed by atoms with Crippen LogP contribution in [0.15, 0.2) is 47.7 Å². The fourth-order valence-corrected chi connectivity index (χ4v) is 10.8. The zero-order valence-corrected chi connectivity index (χ0v) is 19.3. The van der Waals surface area contributed by atoms with Crippen LogP contribution in [0.25, 0.3) is 5.57 Å². The van der Waals surface area contributed by atoms with Crippen LogP contribution in [0, 0.1) is 0 Å². The van der Waals surface area contributed by atoms with Gasteiger partial charge in [-0.3, -0.25) is 0 Å². The van der Waals surface area contributed by atoms with E-state index in [1.807, 2.05) is 0 Å². The van der Waals surface area contributed by atoms with Crippen LogP contribution >= 0.6 is 0 Å². The Hall–Kier alpha value is -1.08. The lowest BCUT2D eigenvalue weighted by Crippen LogP contribution is -2.48. The van der Waals surface area contributed by atoms with Gasteiger partial charge >= 0.3 is 0 Å². The molecule has 1 aliphatic heterocycles. The standard InChI is InChI=1S/C25H40Si/c1-8-9-10-11-13-18-22-19-26(24(2,3)4,25(5,6)7)20-23(22)21-16-14-12-15-17-21/h12,14-18,20H,8-11,13,19H2,1-7H3/b22-18+. The SMILES string of the molecule is CCCCCC/C=C1\C[Si](C(C)(C)C)(C(C)(C)C)C=C1c1ccccc1. The Labute approximate surface area is 163 Å².